The Morgan fingerprint density at radius 2 is 2.00 bits per heavy atom. The Hall–Kier alpha value is -1.12. The van der Waals surface area contributed by atoms with Crippen LogP contribution in [-0.2, 0) is 0 Å². The molecule has 0 amide bonds. The SMILES string of the molecule is C[C@@H](Nc1ccc(F)c(F)c1)C1CC1. The van der Waals surface area contributed by atoms with E-state index >= 15 is 0 Å². The molecule has 1 atom stereocenters. The maximum absolute atomic E-state index is 12.8. The van der Waals surface area contributed by atoms with E-state index < -0.39 is 11.6 Å². The standard InChI is InChI=1S/C11H13F2N/c1-7(8-2-3-8)14-9-4-5-10(12)11(13)6-9/h4-8,14H,2-3H2,1H3/t7-/m1/s1. The third kappa shape index (κ3) is 2.03. The van der Waals surface area contributed by atoms with Crippen molar-refractivity contribution in [1.29, 1.82) is 0 Å². The molecule has 1 fully saturated rings. The maximum atomic E-state index is 12.8. The molecule has 0 saturated heterocycles. The van der Waals surface area contributed by atoms with Crippen molar-refractivity contribution in [1.82, 2.24) is 0 Å². The van der Waals surface area contributed by atoms with Crippen LogP contribution in [0.5, 0.6) is 0 Å². The van der Waals surface area contributed by atoms with E-state index in [-0.39, 0.29) is 0 Å². The molecule has 14 heavy (non-hydrogen) atoms. The zero-order chi connectivity index (χ0) is 10.1. The van der Waals surface area contributed by atoms with Crippen LogP contribution in [0.1, 0.15) is 19.8 Å². The molecule has 76 valence electrons. The fraction of sp³-hybridized carbons (Fsp3) is 0.455. The Balaban J connectivity index is 2.04. The van der Waals surface area contributed by atoms with Crippen molar-refractivity contribution in [3.63, 3.8) is 0 Å². The Morgan fingerprint density at radius 1 is 1.29 bits per heavy atom. The average Bonchev–Trinajstić information content (AvgIpc) is 2.94. The lowest BCUT2D eigenvalue weighted by molar-refractivity contribution is 0.508. The van der Waals surface area contributed by atoms with Crippen LogP contribution in [0.25, 0.3) is 0 Å². The molecule has 0 aromatic heterocycles. The normalized spacial score (nSPS) is 17.9. The Morgan fingerprint density at radius 3 is 2.57 bits per heavy atom. The molecule has 1 aromatic carbocycles. The van der Waals surface area contributed by atoms with Crippen LogP contribution < -0.4 is 5.32 Å². The third-order valence-electron chi connectivity index (χ3n) is 2.64. The van der Waals surface area contributed by atoms with Gasteiger partial charge in [0.15, 0.2) is 11.6 Å². The van der Waals surface area contributed by atoms with Gasteiger partial charge in [0.05, 0.1) is 0 Å². The summed E-state index contributed by atoms with van der Waals surface area (Å²) in [6.45, 7) is 2.07. The number of benzene rings is 1. The lowest BCUT2D eigenvalue weighted by Crippen LogP contribution is -2.17. The first-order valence-corrected chi connectivity index (χ1v) is 4.88. The van der Waals surface area contributed by atoms with Gasteiger partial charge in [-0.25, -0.2) is 8.78 Å². The van der Waals surface area contributed by atoms with Gasteiger partial charge < -0.3 is 5.32 Å². The summed E-state index contributed by atoms with van der Waals surface area (Å²) in [5, 5.41) is 3.17. The minimum absolute atomic E-state index is 0.347. The number of halogens is 2. The number of hydrogen-bond donors (Lipinski definition) is 1. The molecule has 0 heterocycles. The van der Waals surface area contributed by atoms with Gasteiger partial charge in [-0.15, -0.1) is 0 Å². The molecule has 3 heteroatoms. The zero-order valence-electron chi connectivity index (χ0n) is 8.06. The van der Waals surface area contributed by atoms with Crippen molar-refractivity contribution >= 4 is 5.69 Å². The highest BCUT2D eigenvalue weighted by atomic mass is 19.2. The number of hydrogen-bond acceptors (Lipinski definition) is 1. The number of rotatable bonds is 3. The Labute approximate surface area is 82.1 Å². The molecule has 0 bridgehead atoms. The summed E-state index contributed by atoms with van der Waals surface area (Å²) in [6, 6.07) is 4.27. The summed E-state index contributed by atoms with van der Waals surface area (Å²) in [5.74, 6) is -0.893. The number of anilines is 1. The second-order valence-electron chi connectivity index (χ2n) is 3.90. The first kappa shape index (κ1) is 9.44. The van der Waals surface area contributed by atoms with Gasteiger partial charge in [0, 0.05) is 17.8 Å². The minimum atomic E-state index is -0.797. The molecule has 1 aromatic rings. The van der Waals surface area contributed by atoms with Crippen LogP contribution in [0.15, 0.2) is 18.2 Å². The van der Waals surface area contributed by atoms with Gasteiger partial charge in [0.2, 0.25) is 0 Å². The molecule has 0 radical (unpaired) electrons. The van der Waals surface area contributed by atoms with Crippen LogP contribution in [0.4, 0.5) is 14.5 Å². The van der Waals surface area contributed by atoms with E-state index in [0.717, 1.165) is 6.07 Å². The van der Waals surface area contributed by atoms with E-state index in [1.54, 1.807) is 6.07 Å². The highest BCUT2D eigenvalue weighted by molar-refractivity contribution is 5.44. The van der Waals surface area contributed by atoms with Crippen molar-refractivity contribution in [3.05, 3.63) is 29.8 Å². The summed E-state index contributed by atoms with van der Waals surface area (Å²) >= 11 is 0. The topological polar surface area (TPSA) is 12.0 Å². The Kier molecular flexibility index (Phi) is 2.40. The smallest absolute Gasteiger partial charge is 0.160 e. The fourth-order valence-corrected chi connectivity index (χ4v) is 1.56. The van der Waals surface area contributed by atoms with Crippen molar-refractivity contribution in [2.24, 2.45) is 5.92 Å². The van der Waals surface area contributed by atoms with E-state index in [4.69, 9.17) is 0 Å². The predicted octanol–water partition coefficient (Wildman–Crippen LogP) is 3.18. The summed E-state index contributed by atoms with van der Waals surface area (Å²) in [5.41, 5.74) is 0.656. The van der Waals surface area contributed by atoms with E-state index in [0.29, 0.717) is 17.6 Å². The largest absolute Gasteiger partial charge is 0.382 e. The molecule has 0 unspecified atom stereocenters. The fourth-order valence-electron chi connectivity index (χ4n) is 1.56. The van der Waals surface area contributed by atoms with E-state index in [1.807, 2.05) is 0 Å². The van der Waals surface area contributed by atoms with Gasteiger partial charge in [-0.05, 0) is 37.8 Å². The quantitative estimate of drug-likeness (QED) is 0.784. The lowest BCUT2D eigenvalue weighted by atomic mass is 10.2. The third-order valence-corrected chi connectivity index (χ3v) is 2.64. The molecule has 0 aliphatic heterocycles. The summed E-state index contributed by atoms with van der Waals surface area (Å²) in [7, 11) is 0. The molecule has 1 N–H and O–H groups in total. The predicted molar refractivity (Wildman–Crippen MR) is 52.2 cm³/mol. The van der Waals surface area contributed by atoms with Gasteiger partial charge in [-0.2, -0.15) is 0 Å². The Bertz CT molecular complexity index is 334. The molecule has 1 saturated carbocycles. The van der Waals surface area contributed by atoms with Crippen molar-refractivity contribution in [2.75, 3.05) is 5.32 Å². The van der Waals surface area contributed by atoms with Crippen molar-refractivity contribution in [3.8, 4) is 0 Å². The monoisotopic (exact) mass is 197 g/mol. The van der Waals surface area contributed by atoms with Crippen molar-refractivity contribution in [2.45, 2.75) is 25.8 Å². The van der Waals surface area contributed by atoms with Crippen LogP contribution in [0.3, 0.4) is 0 Å². The molecule has 0 spiro atoms. The lowest BCUT2D eigenvalue weighted by Gasteiger charge is -2.14. The molecule has 1 aliphatic rings. The molecule has 1 aliphatic carbocycles. The van der Waals surface area contributed by atoms with Crippen molar-refractivity contribution < 1.29 is 8.78 Å². The number of nitrogens with one attached hydrogen (secondary N) is 1. The first-order chi connectivity index (χ1) is 6.66. The molecular weight excluding hydrogens is 184 g/mol. The van der Waals surface area contributed by atoms with Crippen LogP contribution >= 0.6 is 0 Å². The minimum Gasteiger partial charge on any atom is -0.382 e. The van der Waals surface area contributed by atoms with Gasteiger partial charge in [0.1, 0.15) is 0 Å². The van der Waals surface area contributed by atoms with Gasteiger partial charge >= 0.3 is 0 Å². The molecule has 2 rings (SSSR count). The maximum Gasteiger partial charge on any atom is 0.160 e. The summed E-state index contributed by atoms with van der Waals surface area (Å²) in [6.07, 6.45) is 2.47. The van der Waals surface area contributed by atoms with Crippen LogP contribution in [0, 0.1) is 17.6 Å². The molecule has 1 nitrogen and oxygen atoms in total. The van der Waals surface area contributed by atoms with Gasteiger partial charge in [0.25, 0.3) is 0 Å². The van der Waals surface area contributed by atoms with E-state index in [1.165, 1.54) is 18.9 Å². The first-order valence-electron chi connectivity index (χ1n) is 4.88. The zero-order valence-corrected chi connectivity index (χ0v) is 8.06. The second-order valence-corrected chi connectivity index (χ2v) is 3.90. The average molecular weight is 197 g/mol. The second kappa shape index (κ2) is 3.56. The van der Waals surface area contributed by atoms with Gasteiger partial charge in [-0.3, -0.25) is 0 Å². The highest BCUT2D eigenvalue weighted by Crippen LogP contribution is 2.34. The summed E-state index contributed by atoms with van der Waals surface area (Å²) in [4.78, 5) is 0. The molecular formula is C11H13F2N. The van der Waals surface area contributed by atoms with Crippen LogP contribution in [0.2, 0.25) is 0 Å². The van der Waals surface area contributed by atoms with E-state index in [2.05, 4.69) is 12.2 Å². The van der Waals surface area contributed by atoms with Gasteiger partial charge in [-0.1, -0.05) is 0 Å². The van der Waals surface area contributed by atoms with E-state index in [9.17, 15) is 8.78 Å². The summed E-state index contributed by atoms with van der Waals surface area (Å²) < 4.78 is 25.4. The highest BCUT2D eigenvalue weighted by Gasteiger charge is 2.27. The van der Waals surface area contributed by atoms with Crippen LogP contribution in [-0.4, -0.2) is 6.04 Å².